The van der Waals surface area contributed by atoms with Crippen LogP contribution in [-0.4, -0.2) is 55.0 Å². The van der Waals surface area contributed by atoms with E-state index in [0.29, 0.717) is 30.8 Å². The van der Waals surface area contributed by atoms with Crippen molar-refractivity contribution in [3.63, 3.8) is 0 Å². The number of alkyl halides is 3. The van der Waals surface area contributed by atoms with Crippen molar-refractivity contribution in [1.29, 1.82) is 0 Å². The Hall–Kier alpha value is -3.50. The van der Waals surface area contributed by atoms with Crippen LogP contribution < -0.4 is 4.74 Å². The topological polar surface area (TPSA) is 86.0 Å². The Labute approximate surface area is 175 Å². The Kier molecular flexibility index (Phi) is 5.57. The number of amides is 1. The number of halogens is 3. The summed E-state index contributed by atoms with van der Waals surface area (Å²) in [5, 5.41) is 8.14. The Bertz CT molecular complexity index is 1050. The first kappa shape index (κ1) is 20.8. The minimum absolute atomic E-state index is 0.0886. The van der Waals surface area contributed by atoms with Gasteiger partial charge in [0.1, 0.15) is 6.10 Å². The maximum absolute atomic E-state index is 13.2. The lowest BCUT2D eigenvalue weighted by molar-refractivity contribution is -0.137. The number of aromatic nitrogens is 5. The van der Waals surface area contributed by atoms with Crippen LogP contribution in [0.3, 0.4) is 0 Å². The number of rotatable bonds is 4. The molecule has 11 heteroatoms. The summed E-state index contributed by atoms with van der Waals surface area (Å²) < 4.78 is 43.8. The van der Waals surface area contributed by atoms with Crippen LogP contribution in [0.1, 0.15) is 34.5 Å². The van der Waals surface area contributed by atoms with Crippen LogP contribution in [0.25, 0.3) is 5.82 Å². The van der Waals surface area contributed by atoms with Gasteiger partial charge in [-0.2, -0.15) is 23.4 Å². The molecule has 3 aromatic rings. The van der Waals surface area contributed by atoms with Crippen molar-refractivity contribution in [3.8, 4) is 11.7 Å². The average Bonchev–Trinajstić information content (AvgIpc) is 3.28. The van der Waals surface area contributed by atoms with Crippen molar-refractivity contribution >= 4 is 5.91 Å². The molecule has 1 aliphatic heterocycles. The summed E-state index contributed by atoms with van der Waals surface area (Å²) in [6, 6.07) is 5.54. The molecule has 3 aromatic heterocycles. The van der Waals surface area contributed by atoms with E-state index in [1.54, 1.807) is 17.0 Å². The molecule has 162 valence electrons. The SMILES string of the molecule is Cc1ccc(C(=O)N2CCC[C@@H](Oc3ccc(C(F)(F)F)cn3)C2)c(-n2nccn2)n1. The van der Waals surface area contributed by atoms with Gasteiger partial charge >= 0.3 is 6.18 Å². The highest BCUT2D eigenvalue weighted by molar-refractivity contribution is 5.97. The number of likely N-dealkylation sites (tertiary alicyclic amines) is 1. The van der Waals surface area contributed by atoms with E-state index in [1.807, 2.05) is 6.92 Å². The normalized spacial score (nSPS) is 16.9. The Balaban J connectivity index is 1.49. The predicted octanol–water partition coefficient (Wildman–Crippen LogP) is 3.07. The quantitative estimate of drug-likeness (QED) is 0.630. The van der Waals surface area contributed by atoms with Gasteiger partial charge in [0, 0.05) is 24.5 Å². The van der Waals surface area contributed by atoms with Crippen LogP contribution in [0, 0.1) is 6.92 Å². The molecule has 0 spiro atoms. The summed E-state index contributed by atoms with van der Waals surface area (Å²) in [6.07, 6.45) is 0.246. The van der Waals surface area contributed by atoms with Crippen molar-refractivity contribution in [2.45, 2.75) is 32.0 Å². The van der Waals surface area contributed by atoms with Gasteiger partial charge in [0.15, 0.2) is 5.82 Å². The fourth-order valence-corrected chi connectivity index (χ4v) is 3.37. The van der Waals surface area contributed by atoms with Crippen molar-refractivity contribution in [2.75, 3.05) is 13.1 Å². The van der Waals surface area contributed by atoms with Gasteiger partial charge in [0.25, 0.3) is 5.91 Å². The van der Waals surface area contributed by atoms with Crippen molar-refractivity contribution < 1.29 is 22.7 Å². The van der Waals surface area contributed by atoms with E-state index in [9.17, 15) is 18.0 Å². The highest BCUT2D eigenvalue weighted by atomic mass is 19.4. The molecule has 31 heavy (non-hydrogen) atoms. The van der Waals surface area contributed by atoms with E-state index < -0.39 is 11.7 Å². The minimum atomic E-state index is -4.46. The molecule has 4 heterocycles. The maximum atomic E-state index is 13.2. The largest absolute Gasteiger partial charge is 0.472 e. The number of pyridine rings is 2. The van der Waals surface area contributed by atoms with E-state index >= 15 is 0 Å². The van der Waals surface area contributed by atoms with Gasteiger partial charge < -0.3 is 9.64 Å². The molecule has 0 bridgehead atoms. The molecule has 0 N–H and O–H groups in total. The number of carbonyl (C=O) groups is 1. The molecule has 1 amide bonds. The van der Waals surface area contributed by atoms with Crippen LogP contribution in [0.4, 0.5) is 13.2 Å². The van der Waals surface area contributed by atoms with Gasteiger partial charge in [0.05, 0.1) is 30.1 Å². The molecular weight excluding hydrogens is 413 g/mol. The third-order valence-corrected chi connectivity index (χ3v) is 4.87. The van der Waals surface area contributed by atoms with Crippen LogP contribution in [0.5, 0.6) is 5.88 Å². The monoisotopic (exact) mass is 432 g/mol. The fraction of sp³-hybridized carbons (Fsp3) is 0.350. The fourth-order valence-electron chi connectivity index (χ4n) is 3.37. The summed E-state index contributed by atoms with van der Waals surface area (Å²) in [5.74, 6) is 0.182. The molecular formula is C20H19F3N6O2. The van der Waals surface area contributed by atoms with Crippen LogP contribution >= 0.6 is 0 Å². The number of hydrogen-bond donors (Lipinski definition) is 0. The summed E-state index contributed by atoms with van der Waals surface area (Å²) in [4.78, 5) is 24.3. The van der Waals surface area contributed by atoms with E-state index in [1.165, 1.54) is 23.3 Å². The number of aryl methyl sites for hydroxylation is 1. The van der Waals surface area contributed by atoms with Gasteiger partial charge in [-0.1, -0.05) is 0 Å². The van der Waals surface area contributed by atoms with Crippen molar-refractivity contribution in [3.05, 3.63) is 59.7 Å². The minimum Gasteiger partial charge on any atom is -0.472 e. The Morgan fingerprint density at radius 2 is 1.94 bits per heavy atom. The number of carbonyl (C=O) groups excluding carboxylic acids is 1. The number of piperidine rings is 1. The number of nitrogens with zero attached hydrogens (tertiary/aromatic N) is 6. The number of hydrogen-bond acceptors (Lipinski definition) is 6. The molecule has 0 saturated carbocycles. The molecule has 1 fully saturated rings. The standard InChI is InChI=1S/C20H19F3N6O2/c1-13-4-6-16(18(27-13)29-25-8-9-26-29)19(30)28-10-2-3-15(12-28)31-17-7-5-14(11-24-17)20(21,22)23/h4-9,11,15H,2-3,10,12H2,1H3/t15-/m1/s1. The predicted molar refractivity (Wildman–Crippen MR) is 103 cm³/mol. The van der Waals surface area contributed by atoms with E-state index in [4.69, 9.17) is 4.74 Å². The van der Waals surface area contributed by atoms with E-state index in [2.05, 4.69) is 20.2 Å². The molecule has 0 aromatic carbocycles. The molecule has 1 saturated heterocycles. The second-order valence-electron chi connectivity index (χ2n) is 7.16. The third-order valence-electron chi connectivity index (χ3n) is 4.87. The van der Waals surface area contributed by atoms with Gasteiger partial charge in [0.2, 0.25) is 5.88 Å². The summed E-state index contributed by atoms with van der Waals surface area (Å²) >= 11 is 0. The second-order valence-corrected chi connectivity index (χ2v) is 7.16. The molecule has 1 atom stereocenters. The highest BCUT2D eigenvalue weighted by Crippen LogP contribution is 2.29. The summed E-state index contributed by atoms with van der Waals surface area (Å²) in [6.45, 7) is 2.61. The van der Waals surface area contributed by atoms with Gasteiger partial charge in [-0.15, -0.1) is 4.80 Å². The first-order chi connectivity index (χ1) is 14.8. The Morgan fingerprint density at radius 1 is 1.16 bits per heavy atom. The summed E-state index contributed by atoms with van der Waals surface area (Å²) in [7, 11) is 0. The van der Waals surface area contributed by atoms with Crippen molar-refractivity contribution in [2.24, 2.45) is 0 Å². The van der Waals surface area contributed by atoms with E-state index in [-0.39, 0.29) is 24.4 Å². The molecule has 0 radical (unpaired) electrons. The number of ether oxygens (including phenoxy) is 1. The van der Waals surface area contributed by atoms with Crippen molar-refractivity contribution in [1.82, 2.24) is 29.9 Å². The Morgan fingerprint density at radius 3 is 2.61 bits per heavy atom. The van der Waals surface area contributed by atoms with Gasteiger partial charge in [-0.05, 0) is 38.0 Å². The zero-order valence-electron chi connectivity index (χ0n) is 16.6. The third kappa shape index (κ3) is 4.65. The lowest BCUT2D eigenvalue weighted by Gasteiger charge is -2.33. The maximum Gasteiger partial charge on any atom is 0.417 e. The first-order valence-electron chi connectivity index (χ1n) is 9.65. The lowest BCUT2D eigenvalue weighted by atomic mass is 10.1. The van der Waals surface area contributed by atoms with E-state index in [0.717, 1.165) is 18.0 Å². The van der Waals surface area contributed by atoms with Gasteiger partial charge in [-0.3, -0.25) is 4.79 Å². The molecule has 0 aliphatic carbocycles. The molecule has 1 aliphatic rings. The smallest absolute Gasteiger partial charge is 0.417 e. The molecule has 4 rings (SSSR count). The van der Waals surface area contributed by atoms with Crippen LogP contribution in [-0.2, 0) is 6.18 Å². The second kappa shape index (κ2) is 8.32. The van der Waals surface area contributed by atoms with Crippen LogP contribution in [0.2, 0.25) is 0 Å². The average molecular weight is 432 g/mol. The first-order valence-corrected chi connectivity index (χ1v) is 9.65. The summed E-state index contributed by atoms with van der Waals surface area (Å²) in [5.41, 5.74) is 0.235. The molecule has 0 unspecified atom stereocenters. The highest BCUT2D eigenvalue weighted by Gasteiger charge is 2.31. The lowest BCUT2D eigenvalue weighted by Crippen LogP contribution is -2.44. The zero-order valence-corrected chi connectivity index (χ0v) is 16.6. The zero-order chi connectivity index (χ0) is 22.0. The van der Waals surface area contributed by atoms with Crippen LogP contribution in [0.15, 0.2) is 42.9 Å². The molecule has 8 nitrogen and oxygen atoms in total. The van der Waals surface area contributed by atoms with Gasteiger partial charge in [-0.25, -0.2) is 9.97 Å².